The molecule has 0 aliphatic heterocycles. The Kier molecular flexibility index (Phi) is 2.69. The molecule has 17 heavy (non-hydrogen) atoms. The number of hydrogen-bond donors (Lipinski definition) is 1. The topological polar surface area (TPSA) is 34.1 Å². The Morgan fingerprint density at radius 1 is 1.29 bits per heavy atom. The van der Waals surface area contributed by atoms with E-state index in [0.29, 0.717) is 5.88 Å². The second kappa shape index (κ2) is 4.34. The number of nitrogens with one attached hydrogen (secondary N) is 1. The van der Waals surface area contributed by atoms with Crippen molar-refractivity contribution in [2.75, 3.05) is 7.11 Å². The summed E-state index contributed by atoms with van der Waals surface area (Å²) in [6.07, 6.45) is 4.53. The lowest BCUT2D eigenvalue weighted by Gasteiger charge is -2.09. The van der Waals surface area contributed by atoms with Gasteiger partial charge in [0.15, 0.2) is 0 Å². The average Bonchev–Trinajstić information content (AvgIpc) is 3.20. The zero-order valence-corrected chi connectivity index (χ0v) is 9.94. The third-order valence-electron chi connectivity index (χ3n) is 3.19. The molecular formula is C14H16N2O. The Bertz CT molecular complexity index is 535. The summed E-state index contributed by atoms with van der Waals surface area (Å²) in [6, 6.07) is 8.98. The van der Waals surface area contributed by atoms with Crippen LogP contribution in [0.4, 0.5) is 0 Å². The summed E-state index contributed by atoms with van der Waals surface area (Å²) in [5.41, 5.74) is 1.24. The van der Waals surface area contributed by atoms with Crippen LogP contribution in [0.15, 0.2) is 30.5 Å². The Morgan fingerprint density at radius 2 is 2.06 bits per heavy atom. The zero-order valence-electron chi connectivity index (χ0n) is 9.94. The quantitative estimate of drug-likeness (QED) is 0.873. The molecule has 0 bridgehead atoms. The van der Waals surface area contributed by atoms with Crippen molar-refractivity contribution in [1.29, 1.82) is 0 Å². The molecule has 1 fully saturated rings. The van der Waals surface area contributed by atoms with Gasteiger partial charge in [0.25, 0.3) is 0 Å². The fraction of sp³-hybridized carbons (Fsp3) is 0.357. The van der Waals surface area contributed by atoms with E-state index >= 15 is 0 Å². The lowest BCUT2D eigenvalue weighted by molar-refractivity contribution is 0.403. The highest BCUT2D eigenvalue weighted by molar-refractivity contribution is 5.89. The van der Waals surface area contributed by atoms with Gasteiger partial charge >= 0.3 is 0 Å². The van der Waals surface area contributed by atoms with Crippen LogP contribution >= 0.6 is 0 Å². The molecule has 88 valence electrons. The molecule has 2 aromatic rings. The number of ether oxygens (including phenoxy) is 1. The average molecular weight is 228 g/mol. The summed E-state index contributed by atoms with van der Waals surface area (Å²) in [7, 11) is 1.66. The predicted molar refractivity (Wildman–Crippen MR) is 68.2 cm³/mol. The summed E-state index contributed by atoms with van der Waals surface area (Å²) in [5.74, 6) is 0.704. The van der Waals surface area contributed by atoms with Crippen molar-refractivity contribution in [1.82, 2.24) is 10.3 Å². The molecule has 0 unspecified atom stereocenters. The number of nitrogens with zero attached hydrogens (tertiary/aromatic N) is 1. The van der Waals surface area contributed by atoms with Gasteiger partial charge in [-0.25, -0.2) is 4.98 Å². The number of benzene rings is 1. The van der Waals surface area contributed by atoms with Gasteiger partial charge in [0, 0.05) is 24.2 Å². The van der Waals surface area contributed by atoms with Crippen LogP contribution < -0.4 is 10.1 Å². The van der Waals surface area contributed by atoms with Gasteiger partial charge in [0.05, 0.1) is 7.11 Å². The van der Waals surface area contributed by atoms with Gasteiger partial charge in [-0.2, -0.15) is 0 Å². The van der Waals surface area contributed by atoms with E-state index in [0.717, 1.165) is 18.0 Å². The number of pyridine rings is 1. The minimum atomic E-state index is 0.704. The summed E-state index contributed by atoms with van der Waals surface area (Å²) in [5, 5.41) is 5.84. The summed E-state index contributed by atoms with van der Waals surface area (Å²) < 4.78 is 5.29. The highest BCUT2D eigenvalue weighted by Crippen LogP contribution is 2.26. The standard InChI is InChI=1S/C14H16N2O/c1-17-14-13-5-3-2-4-12(13)10(9-16-14)8-15-11-6-7-11/h2-5,9,11,15H,6-8H2,1H3. The second-order valence-corrected chi connectivity index (χ2v) is 4.49. The Hall–Kier alpha value is -1.61. The van der Waals surface area contributed by atoms with Crippen LogP contribution in [0, 0.1) is 0 Å². The molecule has 1 aromatic heterocycles. The SMILES string of the molecule is COc1ncc(CNC2CC2)c2ccccc12. The summed E-state index contributed by atoms with van der Waals surface area (Å²) in [4.78, 5) is 4.36. The molecule has 1 N–H and O–H groups in total. The van der Waals surface area contributed by atoms with Crippen LogP contribution in [0.5, 0.6) is 5.88 Å². The Labute approximate surface area is 101 Å². The lowest BCUT2D eigenvalue weighted by atomic mass is 10.1. The van der Waals surface area contributed by atoms with Crippen molar-refractivity contribution in [2.24, 2.45) is 0 Å². The monoisotopic (exact) mass is 228 g/mol. The summed E-state index contributed by atoms with van der Waals surface area (Å²) >= 11 is 0. The maximum absolute atomic E-state index is 5.29. The Balaban J connectivity index is 1.99. The number of hydrogen-bond acceptors (Lipinski definition) is 3. The third-order valence-corrected chi connectivity index (χ3v) is 3.19. The van der Waals surface area contributed by atoms with Crippen LogP contribution in [0.1, 0.15) is 18.4 Å². The zero-order chi connectivity index (χ0) is 11.7. The van der Waals surface area contributed by atoms with E-state index in [-0.39, 0.29) is 0 Å². The summed E-state index contributed by atoms with van der Waals surface area (Å²) in [6.45, 7) is 0.891. The fourth-order valence-corrected chi connectivity index (χ4v) is 2.07. The maximum Gasteiger partial charge on any atom is 0.221 e. The number of aromatic nitrogens is 1. The van der Waals surface area contributed by atoms with E-state index in [9.17, 15) is 0 Å². The number of methoxy groups -OCH3 is 1. The molecular weight excluding hydrogens is 212 g/mol. The van der Waals surface area contributed by atoms with Crippen molar-refractivity contribution in [3.8, 4) is 5.88 Å². The van der Waals surface area contributed by atoms with Gasteiger partial charge in [0.1, 0.15) is 0 Å². The minimum Gasteiger partial charge on any atom is -0.481 e. The predicted octanol–water partition coefficient (Wildman–Crippen LogP) is 2.50. The van der Waals surface area contributed by atoms with Crippen LogP contribution in [-0.2, 0) is 6.54 Å². The van der Waals surface area contributed by atoms with E-state index in [1.54, 1.807) is 7.11 Å². The van der Waals surface area contributed by atoms with Gasteiger partial charge < -0.3 is 10.1 Å². The molecule has 1 aliphatic rings. The van der Waals surface area contributed by atoms with Gasteiger partial charge in [0.2, 0.25) is 5.88 Å². The molecule has 0 saturated heterocycles. The van der Waals surface area contributed by atoms with Gasteiger partial charge in [-0.05, 0) is 29.9 Å². The van der Waals surface area contributed by atoms with E-state index in [1.165, 1.54) is 23.8 Å². The van der Waals surface area contributed by atoms with Crippen molar-refractivity contribution in [3.05, 3.63) is 36.0 Å². The number of rotatable bonds is 4. The number of fused-ring (bicyclic) bond motifs is 1. The molecule has 1 saturated carbocycles. The molecule has 1 heterocycles. The largest absolute Gasteiger partial charge is 0.481 e. The highest BCUT2D eigenvalue weighted by Gasteiger charge is 2.20. The van der Waals surface area contributed by atoms with Crippen LogP contribution in [0.2, 0.25) is 0 Å². The molecule has 3 rings (SSSR count). The normalized spacial score (nSPS) is 15.1. The molecule has 1 aliphatic carbocycles. The fourth-order valence-electron chi connectivity index (χ4n) is 2.07. The molecule has 3 heteroatoms. The second-order valence-electron chi connectivity index (χ2n) is 4.49. The van der Waals surface area contributed by atoms with E-state index in [4.69, 9.17) is 4.74 Å². The van der Waals surface area contributed by atoms with Crippen molar-refractivity contribution < 1.29 is 4.74 Å². The van der Waals surface area contributed by atoms with Crippen molar-refractivity contribution >= 4 is 10.8 Å². The van der Waals surface area contributed by atoms with Crippen molar-refractivity contribution in [2.45, 2.75) is 25.4 Å². The first-order chi connectivity index (χ1) is 8.38. The molecule has 0 spiro atoms. The minimum absolute atomic E-state index is 0.704. The Morgan fingerprint density at radius 3 is 2.76 bits per heavy atom. The van der Waals surface area contributed by atoms with Gasteiger partial charge in [-0.15, -0.1) is 0 Å². The first-order valence-corrected chi connectivity index (χ1v) is 6.02. The van der Waals surface area contributed by atoms with E-state index < -0.39 is 0 Å². The van der Waals surface area contributed by atoms with Crippen LogP contribution in [0.25, 0.3) is 10.8 Å². The molecule has 1 aromatic carbocycles. The van der Waals surface area contributed by atoms with E-state index in [2.05, 4.69) is 28.5 Å². The van der Waals surface area contributed by atoms with Gasteiger partial charge in [-0.1, -0.05) is 18.2 Å². The first-order valence-electron chi connectivity index (χ1n) is 6.02. The lowest BCUT2D eigenvalue weighted by Crippen LogP contribution is -2.15. The van der Waals surface area contributed by atoms with Crippen LogP contribution in [0.3, 0.4) is 0 Å². The third kappa shape index (κ3) is 2.11. The van der Waals surface area contributed by atoms with Gasteiger partial charge in [-0.3, -0.25) is 0 Å². The van der Waals surface area contributed by atoms with Crippen LogP contribution in [-0.4, -0.2) is 18.1 Å². The maximum atomic E-state index is 5.29. The van der Waals surface area contributed by atoms with E-state index in [1.807, 2.05) is 12.3 Å². The molecule has 0 atom stereocenters. The molecule has 0 amide bonds. The van der Waals surface area contributed by atoms with Crippen molar-refractivity contribution in [3.63, 3.8) is 0 Å². The molecule has 3 nitrogen and oxygen atoms in total. The smallest absolute Gasteiger partial charge is 0.221 e. The highest BCUT2D eigenvalue weighted by atomic mass is 16.5. The first kappa shape index (κ1) is 10.5. The molecule has 0 radical (unpaired) electrons.